The van der Waals surface area contributed by atoms with Crippen molar-refractivity contribution in [3.63, 3.8) is 0 Å². The number of benzene rings is 1. The number of carbonyl (C=O) groups excluding carboxylic acids is 2. The topological polar surface area (TPSA) is 69.6 Å². The number of nitrogens with zero attached hydrogens (tertiary/aromatic N) is 1. The maximum Gasteiger partial charge on any atom is 0.265 e. The lowest BCUT2D eigenvalue weighted by molar-refractivity contribution is -0.128. The number of carbonyl (C=O) groups is 2. The largest absolute Gasteiger partial charge is 0.506 e. The Morgan fingerprint density at radius 3 is 2.70 bits per heavy atom. The Labute approximate surface area is 142 Å². The molecule has 0 unspecified atom stereocenters. The number of phenolic OH excluding ortho intramolecular Hbond substituents is 1. The molecule has 5 nitrogen and oxygen atoms in total. The smallest absolute Gasteiger partial charge is 0.265 e. The Morgan fingerprint density at radius 1 is 1.45 bits per heavy atom. The minimum absolute atomic E-state index is 0.00510. The molecule has 0 radical (unpaired) electrons. The van der Waals surface area contributed by atoms with Crippen LogP contribution < -0.4 is 5.32 Å². The van der Waals surface area contributed by atoms with Crippen LogP contribution in [0.3, 0.4) is 0 Å². The van der Waals surface area contributed by atoms with Gasteiger partial charge in [-0.05, 0) is 74.5 Å². The highest BCUT2D eigenvalue weighted by Crippen LogP contribution is 2.31. The van der Waals surface area contributed by atoms with Gasteiger partial charge in [0.25, 0.3) is 11.8 Å². The fraction of sp³-hybridized carbons (Fsp3) is 0.0833. The molecular formula is C12H8BrIN2O3S. The molecular weight excluding hydrogens is 459 g/mol. The number of hydrogen-bond donors (Lipinski definition) is 2. The zero-order chi connectivity index (χ0) is 15.0. The second-order valence-corrected chi connectivity index (χ2v) is 6.42. The number of amides is 2. The third kappa shape index (κ3) is 2.86. The van der Waals surface area contributed by atoms with Crippen LogP contribution in [0.4, 0.5) is 0 Å². The fourth-order valence-electron chi connectivity index (χ4n) is 1.58. The Bertz CT molecular complexity index is 652. The van der Waals surface area contributed by atoms with Crippen molar-refractivity contribution in [1.29, 1.82) is 0 Å². The Kier molecular flexibility index (Phi) is 4.45. The number of halogens is 2. The van der Waals surface area contributed by atoms with Gasteiger partial charge in [-0.15, -0.1) is 0 Å². The highest BCUT2D eigenvalue weighted by atomic mass is 127. The van der Waals surface area contributed by atoms with Crippen molar-refractivity contribution in [2.45, 2.75) is 0 Å². The van der Waals surface area contributed by atoms with E-state index in [9.17, 15) is 14.7 Å². The molecule has 0 bridgehead atoms. The molecule has 2 amide bonds. The van der Waals surface area contributed by atoms with Crippen LogP contribution in [0.25, 0.3) is 6.08 Å². The summed E-state index contributed by atoms with van der Waals surface area (Å²) < 4.78 is 1.10. The van der Waals surface area contributed by atoms with E-state index in [1.54, 1.807) is 12.1 Å². The summed E-state index contributed by atoms with van der Waals surface area (Å²) in [6.45, 7) is 0. The van der Waals surface area contributed by atoms with E-state index in [1.165, 1.54) is 18.0 Å². The number of likely N-dealkylation sites (N-methyl/N-ethyl adjacent to an activating group) is 1. The first-order valence-electron chi connectivity index (χ1n) is 5.34. The second-order valence-electron chi connectivity index (χ2n) is 4.01. The van der Waals surface area contributed by atoms with E-state index in [1.807, 2.05) is 22.6 Å². The van der Waals surface area contributed by atoms with Crippen molar-refractivity contribution in [3.8, 4) is 5.75 Å². The van der Waals surface area contributed by atoms with E-state index in [4.69, 9.17) is 12.2 Å². The van der Waals surface area contributed by atoms with Gasteiger partial charge < -0.3 is 5.11 Å². The van der Waals surface area contributed by atoms with Gasteiger partial charge in [0.2, 0.25) is 0 Å². The molecule has 2 N–H and O–H groups in total. The van der Waals surface area contributed by atoms with Crippen LogP contribution in [-0.2, 0) is 9.59 Å². The number of phenols is 1. The van der Waals surface area contributed by atoms with Gasteiger partial charge in [-0.25, -0.2) is 0 Å². The molecule has 1 heterocycles. The van der Waals surface area contributed by atoms with Crippen LogP contribution >= 0.6 is 50.7 Å². The summed E-state index contributed by atoms with van der Waals surface area (Å²) in [4.78, 5) is 25.1. The van der Waals surface area contributed by atoms with E-state index < -0.39 is 11.8 Å². The third-order valence-electron chi connectivity index (χ3n) is 2.65. The lowest BCUT2D eigenvalue weighted by Crippen LogP contribution is -2.52. The van der Waals surface area contributed by atoms with Crippen molar-refractivity contribution >= 4 is 73.7 Å². The fourth-order valence-corrected chi connectivity index (χ4v) is 3.26. The van der Waals surface area contributed by atoms with Gasteiger partial charge >= 0.3 is 0 Å². The summed E-state index contributed by atoms with van der Waals surface area (Å²) in [5, 5.41) is 12.2. The first-order valence-corrected chi connectivity index (χ1v) is 7.62. The number of nitrogens with one attached hydrogen (secondary N) is 1. The lowest BCUT2D eigenvalue weighted by atomic mass is 10.1. The Balaban J connectivity index is 2.47. The van der Waals surface area contributed by atoms with Crippen molar-refractivity contribution in [1.82, 2.24) is 10.2 Å². The van der Waals surface area contributed by atoms with Crippen LogP contribution in [-0.4, -0.2) is 34.0 Å². The molecule has 0 saturated carbocycles. The molecule has 0 spiro atoms. The van der Waals surface area contributed by atoms with Crippen LogP contribution in [0.5, 0.6) is 5.75 Å². The molecule has 1 fully saturated rings. The third-order valence-corrected chi connectivity index (χ3v) is 4.46. The quantitative estimate of drug-likeness (QED) is 0.287. The molecule has 1 aromatic carbocycles. The highest BCUT2D eigenvalue weighted by Gasteiger charge is 2.30. The predicted molar refractivity (Wildman–Crippen MR) is 90.0 cm³/mol. The van der Waals surface area contributed by atoms with Crippen LogP contribution in [0, 0.1) is 3.57 Å². The standard InChI is InChI=1S/C12H8BrIN2O3S/c1-16-11(19)6(10(18)15-12(16)20)2-5-3-7(13)9(17)8(14)4-5/h2-4,17H,1H3,(H,15,18,20)/b6-2+. The zero-order valence-corrected chi connectivity index (χ0v) is 14.7. The van der Waals surface area contributed by atoms with E-state index in [-0.39, 0.29) is 16.4 Å². The number of rotatable bonds is 1. The van der Waals surface area contributed by atoms with E-state index in [0.29, 0.717) is 13.6 Å². The predicted octanol–water partition coefficient (Wildman–Crippen LogP) is 2.02. The van der Waals surface area contributed by atoms with Crippen molar-refractivity contribution in [3.05, 3.63) is 31.3 Å². The summed E-state index contributed by atoms with van der Waals surface area (Å²) >= 11 is 10.0. The lowest BCUT2D eigenvalue weighted by Gasteiger charge is -2.25. The molecule has 1 aromatic rings. The van der Waals surface area contributed by atoms with Gasteiger partial charge in [0.1, 0.15) is 11.3 Å². The minimum atomic E-state index is -0.530. The van der Waals surface area contributed by atoms with Gasteiger partial charge in [-0.3, -0.25) is 19.8 Å². The van der Waals surface area contributed by atoms with Crippen molar-refractivity contribution in [2.24, 2.45) is 0 Å². The number of aromatic hydroxyl groups is 1. The Morgan fingerprint density at radius 2 is 2.10 bits per heavy atom. The molecule has 8 heteroatoms. The molecule has 20 heavy (non-hydrogen) atoms. The molecule has 1 saturated heterocycles. The first-order chi connectivity index (χ1) is 9.31. The average molecular weight is 467 g/mol. The van der Waals surface area contributed by atoms with Crippen molar-refractivity contribution < 1.29 is 14.7 Å². The van der Waals surface area contributed by atoms with Gasteiger partial charge in [0.15, 0.2) is 5.11 Å². The van der Waals surface area contributed by atoms with Crippen LogP contribution in [0.15, 0.2) is 22.2 Å². The first kappa shape index (κ1) is 15.4. The highest BCUT2D eigenvalue weighted by molar-refractivity contribution is 14.1. The summed E-state index contributed by atoms with van der Waals surface area (Å²) in [6, 6.07) is 3.29. The van der Waals surface area contributed by atoms with Gasteiger partial charge in [0.05, 0.1) is 8.04 Å². The monoisotopic (exact) mass is 466 g/mol. The molecule has 104 valence electrons. The normalized spacial score (nSPS) is 17.6. The Hall–Kier alpha value is -1.00. The number of thiocarbonyl (C=S) groups is 1. The van der Waals surface area contributed by atoms with E-state index >= 15 is 0 Å². The molecule has 0 aliphatic carbocycles. The minimum Gasteiger partial charge on any atom is -0.506 e. The van der Waals surface area contributed by atoms with E-state index in [0.717, 1.165) is 0 Å². The number of hydrogen-bond acceptors (Lipinski definition) is 4. The van der Waals surface area contributed by atoms with Gasteiger partial charge in [-0.2, -0.15) is 0 Å². The summed E-state index contributed by atoms with van der Waals surface area (Å²) in [5.74, 6) is -0.874. The van der Waals surface area contributed by atoms with Crippen LogP contribution in [0.1, 0.15) is 5.56 Å². The van der Waals surface area contributed by atoms with Gasteiger partial charge in [0, 0.05) is 7.05 Å². The van der Waals surface area contributed by atoms with Gasteiger partial charge in [-0.1, -0.05) is 0 Å². The molecule has 1 aliphatic heterocycles. The maximum atomic E-state index is 12.0. The average Bonchev–Trinajstić information content (AvgIpc) is 2.38. The second kappa shape index (κ2) is 5.78. The summed E-state index contributed by atoms with van der Waals surface area (Å²) in [5.41, 5.74) is 0.619. The summed E-state index contributed by atoms with van der Waals surface area (Å²) in [7, 11) is 1.49. The summed E-state index contributed by atoms with van der Waals surface area (Å²) in [6.07, 6.45) is 1.46. The molecule has 1 aliphatic rings. The van der Waals surface area contributed by atoms with Crippen LogP contribution in [0.2, 0.25) is 0 Å². The molecule has 0 atom stereocenters. The van der Waals surface area contributed by atoms with E-state index in [2.05, 4.69) is 21.2 Å². The zero-order valence-electron chi connectivity index (χ0n) is 10.1. The van der Waals surface area contributed by atoms with Crippen molar-refractivity contribution in [2.75, 3.05) is 7.05 Å². The molecule has 0 aromatic heterocycles. The SMILES string of the molecule is CN1C(=O)/C(=C/c2cc(Br)c(O)c(I)c2)C(=O)NC1=S. The molecule has 2 rings (SSSR count). The maximum absolute atomic E-state index is 12.0.